The van der Waals surface area contributed by atoms with Crippen LogP contribution in [-0.4, -0.2) is 38.1 Å². The Morgan fingerprint density at radius 3 is 2.74 bits per heavy atom. The third-order valence-corrected chi connectivity index (χ3v) is 8.22. The van der Waals surface area contributed by atoms with E-state index in [1.807, 2.05) is 30.3 Å². The highest BCUT2D eigenvalue weighted by Crippen LogP contribution is 2.31. The van der Waals surface area contributed by atoms with E-state index in [4.69, 9.17) is 16.9 Å². The van der Waals surface area contributed by atoms with Crippen LogP contribution in [-0.2, 0) is 29.3 Å². The van der Waals surface area contributed by atoms with Gasteiger partial charge in [0, 0.05) is 18.3 Å². The molecular weight excluding hydrogens is 482 g/mol. The molecule has 3 aromatic carbocycles. The van der Waals surface area contributed by atoms with Gasteiger partial charge in [-0.25, -0.2) is 8.42 Å². The van der Waals surface area contributed by atoms with E-state index in [-0.39, 0.29) is 10.6 Å². The smallest absolute Gasteiger partial charge is 0.261 e. The summed E-state index contributed by atoms with van der Waals surface area (Å²) in [6, 6.07) is 19.4. The van der Waals surface area contributed by atoms with Gasteiger partial charge in [0.15, 0.2) is 0 Å². The predicted octanol–water partition coefficient (Wildman–Crippen LogP) is 5.14. The Morgan fingerprint density at radius 2 is 1.94 bits per heavy atom. The van der Waals surface area contributed by atoms with Gasteiger partial charge in [-0.1, -0.05) is 29.8 Å². The second-order valence-electron chi connectivity index (χ2n) is 9.00. The largest absolute Gasteiger partial charge is 0.506 e. The van der Waals surface area contributed by atoms with Gasteiger partial charge in [-0.2, -0.15) is 5.26 Å². The normalized spacial score (nSPS) is 16.2. The van der Waals surface area contributed by atoms with Gasteiger partial charge in [-0.15, -0.1) is 0 Å². The molecule has 0 radical (unpaired) electrons. The highest BCUT2D eigenvalue weighted by Gasteiger charge is 2.22. The highest BCUT2D eigenvalue weighted by molar-refractivity contribution is 7.92. The molecule has 1 aliphatic heterocycles. The van der Waals surface area contributed by atoms with Crippen LogP contribution in [0.4, 0.5) is 5.69 Å². The second-order valence-corrected chi connectivity index (χ2v) is 11.1. The number of hydrogen-bond donors (Lipinski definition) is 2. The lowest BCUT2D eigenvalue weighted by Crippen LogP contribution is -2.33. The number of phenols is 1. The van der Waals surface area contributed by atoms with Gasteiger partial charge >= 0.3 is 0 Å². The van der Waals surface area contributed by atoms with E-state index in [9.17, 15) is 13.5 Å². The molecule has 0 saturated carbocycles. The number of nitriles is 1. The first-order chi connectivity index (χ1) is 16.7. The van der Waals surface area contributed by atoms with Crippen molar-refractivity contribution >= 4 is 27.3 Å². The third kappa shape index (κ3) is 6.15. The first-order valence-electron chi connectivity index (χ1n) is 11.6. The number of hydrogen-bond acceptors (Lipinski definition) is 5. The quantitative estimate of drug-likeness (QED) is 0.460. The van der Waals surface area contributed by atoms with Crippen molar-refractivity contribution in [2.45, 2.75) is 43.0 Å². The van der Waals surface area contributed by atoms with Crippen molar-refractivity contribution < 1.29 is 13.5 Å². The number of aromatic hydroxyl groups is 1. The van der Waals surface area contributed by atoms with Gasteiger partial charge in [-0.05, 0) is 98.3 Å². The average Bonchev–Trinajstić information content (AvgIpc) is 2.98. The summed E-state index contributed by atoms with van der Waals surface area (Å²) >= 11 is 6.11. The van der Waals surface area contributed by atoms with E-state index in [1.54, 1.807) is 24.3 Å². The molecule has 4 rings (SSSR count). The standard InChI is InChI=1S/C27H28ClN3O3S/c1-31-12-11-21-16-26(28)27(32)17-22(21)15-24(31)9-3-6-19-5-2-8-23(13-19)30-35(33,34)25-10-4-7-20(14-25)18-29/h2,4-5,7-8,10,13-14,16-17,24,30,32H,3,6,9,11-12,15H2,1H3. The van der Waals surface area contributed by atoms with Crippen molar-refractivity contribution in [1.29, 1.82) is 5.26 Å². The number of fused-ring (bicyclic) bond motifs is 1. The molecule has 0 bridgehead atoms. The van der Waals surface area contributed by atoms with E-state index in [1.165, 1.54) is 17.7 Å². The van der Waals surface area contributed by atoms with Crippen LogP contribution < -0.4 is 4.72 Å². The molecule has 8 heteroatoms. The molecule has 0 spiro atoms. The molecule has 6 nitrogen and oxygen atoms in total. The fourth-order valence-corrected chi connectivity index (χ4v) is 5.84. The van der Waals surface area contributed by atoms with Crippen molar-refractivity contribution in [3.63, 3.8) is 0 Å². The van der Waals surface area contributed by atoms with E-state index < -0.39 is 10.0 Å². The molecule has 0 amide bonds. The molecule has 1 atom stereocenters. The molecule has 1 unspecified atom stereocenters. The zero-order chi connectivity index (χ0) is 25.0. The van der Waals surface area contributed by atoms with E-state index in [0.717, 1.165) is 49.8 Å². The number of likely N-dealkylation sites (N-methyl/N-ethyl adjacent to an activating group) is 1. The molecule has 1 heterocycles. The Labute approximate surface area is 211 Å². The van der Waals surface area contributed by atoms with Gasteiger partial charge < -0.3 is 10.0 Å². The van der Waals surface area contributed by atoms with Gasteiger partial charge in [0.25, 0.3) is 10.0 Å². The topological polar surface area (TPSA) is 93.4 Å². The van der Waals surface area contributed by atoms with E-state index in [0.29, 0.717) is 22.3 Å². The summed E-state index contributed by atoms with van der Waals surface area (Å²) in [4.78, 5) is 2.43. The van der Waals surface area contributed by atoms with Crippen LogP contribution in [0.3, 0.4) is 0 Å². The number of phenolic OH excluding ortho intramolecular Hbond substituents is 1. The summed E-state index contributed by atoms with van der Waals surface area (Å²) in [6.07, 6.45) is 4.52. The first kappa shape index (κ1) is 25.1. The fourth-order valence-electron chi connectivity index (χ4n) is 4.56. The number of sulfonamides is 1. The SMILES string of the molecule is CN1CCc2cc(Cl)c(O)cc2CC1CCCc1cccc(NS(=O)(=O)c2cccc(C#N)c2)c1. The summed E-state index contributed by atoms with van der Waals surface area (Å²) < 4.78 is 28.1. The summed E-state index contributed by atoms with van der Waals surface area (Å²) in [6.45, 7) is 0.934. The lowest BCUT2D eigenvalue weighted by molar-refractivity contribution is 0.235. The maximum Gasteiger partial charge on any atom is 0.261 e. The Kier molecular flexibility index (Phi) is 7.66. The number of nitrogens with zero attached hydrogens (tertiary/aromatic N) is 2. The molecule has 0 aliphatic carbocycles. The van der Waals surface area contributed by atoms with E-state index in [2.05, 4.69) is 16.7 Å². The van der Waals surface area contributed by atoms with Crippen LogP contribution in [0.15, 0.2) is 65.6 Å². The van der Waals surface area contributed by atoms with Gasteiger partial charge in [-0.3, -0.25) is 4.72 Å². The molecule has 35 heavy (non-hydrogen) atoms. The zero-order valence-corrected chi connectivity index (χ0v) is 21.1. The molecule has 0 fully saturated rings. The average molecular weight is 510 g/mol. The molecule has 1 aliphatic rings. The Morgan fingerprint density at radius 1 is 1.14 bits per heavy atom. The van der Waals surface area contributed by atoms with Crippen molar-refractivity contribution in [2.75, 3.05) is 18.3 Å². The Hall–Kier alpha value is -3.05. The number of aryl methyl sites for hydroxylation is 1. The van der Waals surface area contributed by atoms with Crippen molar-refractivity contribution in [1.82, 2.24) is 4.90 Å². The Balaban J connectivity index is 1.39. The highest BCUT2D eigenvalue weighted by atomic mass is 35.5. The minimum atomic E-state index is -3.78. The van der Waals surface area contributed by atoms with Crippen LogP contribution in [0.2, 0.25) is 5.02 Å². The number of benzene rings is 3. The minimum absolute atomic E-state index is 0.0611. The molecular formula is C27H28ClN3O3S. The number of nitrogens with one attached hydrogen (secondary N) is 1. The molecule has 2 N–H and O–H groups in total. The monoisotopic (exact) mass is 509 g/mol. The van der Waals surface area contributed by atoms with E-state index >= 15 is 0 Å². The number of rotatable bonds is 7. The summed E-state index contributed by atoms with van der Waals surface area (Å²) in [5, 5.41) is 19.5. The maximum absolute atomic E-state index is 12.8. The van der Waals surface area contributed by atoms with Gasteiger partial charge in [0.2, 0.25) is 0 Å². The van der Waals surface area contributed by atoms with Crippen LogP contribution >= 0.6 is 11.6 Å². The van der Waals surface area contributed by atoms with Crippen molar-refractivity contribution in [3.05, 3.63) is 87.9 Å². The zero-order valence-electron chi connectivity index (χ0n) is 19.5. The summed E-state index contributed by atoms with van der Waals surface area (Å²) in [7, 11) is -1.65. The van der Waals surface area contributed by atoms with Gasteiger partial charge in [0.1, 0.15) is 5.75 Å². The van der Waals surface area contributed by atoms with Crippen LogP contribution in [0, 0.1) is 11.3 Å². The first-order valence-corrected chi connectivity index (χ1v) is 13.4. The van der Waals surface area contributed by atoms with Gasteiger partial charge in [0.05, 0.1) is 21.6 Å². The lowest BCUT2D eigenvalue weighted by atomic mass is 9.96. The Bertz CT molecular complexity index is 1370. The molecule has 182 valence electrons. The van der Waals surface area contributed by atoms with Crippen LogP contribution in [0.25, 0.3) is 0 Å². The summed E-state index contributed by atoms with van der Waals surface area (Å²) in [5.74, 6) is 0.132. The predicted molar refractivity (Wildman–Crippen MR) is 138 cm³/mol. The molecule has 3 aromatic rings. The van der Waals surface area contributed by atoms with Crippen LogP contribution in [0.5, 0.6) is 5.75 Å². The molecule has 0 aromatic heterocycles. The minimum Gasteiger partial charge on any atom is -0.506 e. The maximum atomic E-state index is 12.8. The fraction of sp³-hybridized carbons (Fsp3) is 0.296. The lowest BCUT2D eigenvalue weighted by Gasteiger charge is -2.26. The molecule has 0 saturated heterocycles. The number of halogens is 1. The van der Waals surface area contributed by atoms with Crippen molar-refractivity contribution in [3.8, 4) is 11.8 Å². The second kappa shape index (κ2) is 10.7. The number of anilines is 1. The third-order valence-electron chi connectivity index (χ3n) is 6.54. The summed E-state index contributed by atoms with van der Waals surface area (Å²) in [5.41, 5.74) is 4.20. The van der Waals surface area contributed by atoms with Crippen LogP contribution in [0.1, 0.15) is 35.1 Å². The van der Waals surface area contributed by atoms with Crippen molar-refractivity contribution in [2.24, 2.45) is 0 Å².